The number of hydrogen-bond acceptors (Lipinski definition) is 6. The highest BCUT2D eigenvalue weighted by atomic mass is 16.6. The molecule has 1 heterocycles. The van der Waals surface area contributed by atoms with Crippen molar-refractivity contribution in [3.63, 3.8) is 0 Å². The highest BCUT2D eigenvalue weighted by Crippen LogP contribution is 2.60. The Kier molecular flexibility index (Phi) is 4.77. The number of para-hydroxylation sites is 1. The molecule has 3 aliphatic carbocycles. The Morgan fingerprint density at radius 1 is 0.800 bits per heavy atom. The quantitative estimate of drug-likeness (QED) is 0.245. The summed E-state index contributed by atoms with van der Waals surface area (Å²) in [6.07, 6.45) is 0. The van der Waals surface area contributed by atoms with Gasteiger partial charge in [-0.2, -0.15) is 0 Å². The normalized spacial score (nSPS) is 23.5. The predicted molar refractivity (Wildman–Crippen MR) is 124 cm³/mol. The van der Waals surface area contributed by atoms with Gasteiger partial charge in [0.05, 0.1) is 23.3 Å². The van der Waals surface area contributed by atoms with Crippen molar-refractivity contribution in [2.75, 3.05) is 13.2 Å². The molecule has 1 saturated heterocycles. The fraction of sp³-hybridized carbons (Fsp3) is 0.222. The Balaban J connectivity index is 1.25. The number of amides is 2. The van der Waals surface area contributed by atoms with Crippen molar-refractivity contribution in [2.24, 2.45) is 11.8 Å². The second kappa shape index (κ2) is 7.87. The van der Waals surface area contributed by atoms with E-state index in [1.807, 2.05) is 48.5 Å². The Bertz CT molecular complexity index is 1300. The molecule has 2 bridgehead atoms. The number of nitrogens with zero attached hydrogens (tertiary/aromatic N) is 2. The molecule has 2 atom stereocenters. The van der Waals surface area contributed by atoms with Gasteiger partial charge in [-0.15, -0.1) is 0 Å². The van der Waals surface area contributed by atoms with Crippen LogP contribution >= 0.6 is 0 Å². The van der Waals surface area contributed by atoms with Gasteiger partial charge in [-0.1, -0.05) is 60.7 Å². The molecule has 1 fully saturated rings. The number of nitro benzene ring substituents is 1. The van der Waals surface area contributed by atoms with Crippen LogP contribution in [0.4, 0.5) is 5.69 Å². The van der Waals surface area contributed by atoms with E-state index in [-0.39, 0.29) is 48.1 Å². The number of carbonyl (C=O) groups is 3. The number of esters is 1. The van der Waals surface area contributed by atoms with Crippen LogP contribution < -0.4 is 0 Å². The summed E-state index contributed by atoms with van der Waals surface area (Å²) in [6, 6.07) is 21.5. The number of ether oxygens (including phenoxy) is 1. The Labute approximate surface area is 200 Å². The molecule has 174 valence electrons. The third-order valence-corrected chi connectivity index (χ3v) is 7.41. The maximum Gasteiger partial charge on any atom is 0.345 e. The maximum atomic E-state index is 13.5. The number of benzene rings is 3. The average molecular weight is 468 g/mol. The van der Waals surface area contributed by atoms with Crippen molar-refractivity contribution in [1.82, 2.24) is 4.90 Å². The van der Waals surface area contributed by atoms with Gasteiger partial charge in [0.15, 0.2) is 0 Å². The summed E-state index contributed by atoms with van der Waals surface area (Å²) >= 11 is 0. The molecule has 0 spiro atoms. The molecule has 2 amide bonds. The minimum Gasteiger partial charge on any atom is -0.460 e. The third kappa shape index (κ3) is 3.02. The highest BCUT2D eigenvalue weighted by molar-refractivity contribution is 6.07. The van der Waals surface area contributed by atoms with Gasteiger partial charge in [0.25, 0.3) is 5.69 Å². The van der Waals surface area contributed by atoms with E-state index in [1.54, 1.807) is 0 Å². The molecule has 0 radical (unpaired) electrons. The second-order valence-electron chi connectivity index (χ2n) is 9.00. The summed E-state index contributed by atoms with van der Waals surface area (Å²) < 4.78 is 5.23. The van der Waals surface area contributed by atoms with Crippen molar-refractivity contribution < 1.29 is 24.0 Å². The summed E-state index contributed by atoms with van der Waals surface area (Å²) in [7, 11) is 0. The summed E-state index contributed by atoms with van der Waals surface area (Å²) in [5.41, 5.74) is 3.82. The molecule has 3 aromatic rings. The number of nitro groups is 1. The molecule has 0 saturated carbocycles. The summed E-state index contributed by atoms with van der Waals surface area (Å²) in [6.45, 7) is -0.333. The molecule has 35 heavy (non-hydrogen) atoms. The first-order valence-corrected chi connectivity index (χ1v) is 11.4. The minimum atomic E-state index is -0.867. The predicted octanol–water partition coefficient (Wildman–Crippen LogP) is 3.64. The first-order chi connectivity index (χ1) is 17.0. The Hall–Kier alpha value is -4.33. The Morgan fingerprint density at radius 2 is 1.26 bits per heavy atom. The Morgan fingerprint density at radius 3 is 1.74 bits per heavy atom. The van der Waals surface area contributed by atoms with E-state index in [2.05, 4.69) is 0 Å². The molecule has 0 unspecified atom stereocenters. The molecule has 3 aromatic carbocycles. The molecular weight excluding hydrogens is 448 g/mol. The lowest BCUT2D eigenvalue weighted by molar-refractivity contribution is -0.385. The van der Waals surface area contributed by atoms with Gasteiger partial charge in [0, 0.05) is 17.9 Å². The fourth-order valence-corrected chi connectivity index (χ4v) is 6.07. The van der Waals surface area contributed by atoms with E-state index in [4.69, 9.17) is 4.74 Å². The van der Waals surface area contributed by atoms with E-state index in [9.17, 15) is 24.5 Å². The molecule has 0 aromatic heterocycles. The minimum absolute atomic E-state index is 0.0941. The summed E-state index contributed by atoms with van der Waals surface area (Å²) in [4.78, 5) is 51.2. The average Bonchev–Trinajstić information content (AvgIpc) is 3.14. The van der Waals surface area contributed by atoms with E-state index in [1.165, 1.54) is 29.2 Å². The van der Waals surface area contributed by atoms with Gasteiger partial charge in [-0.25, -0.2) is 4.79 Å². The maximum absolute atomic E-state index is 13.5. The van der Waals surface area contributed by atoms with Crippen LogP contribution in [0.3, 0.4) is 0 Å². The van der Waals surface area contributed by atoms with Crippen molar-refractivity contribution in [3.8, 4) is 0 Å². The first kappa shape index (κ1) is 21.2. The number of likely N-dealkylation sites (tertiary alicyclic amines) is 1. The van der Waals surface area contributed by atoms with Crippen molar-refractivity contribution in [3.05, 3.63) is 111 Å². The van der Waals surface area contributed by atoms with Crippen molar-refractivity contribution in [1.29, 1.82) is 0 Å². The highest BCUT2D eigenvalue weighted by Gasteiger charge is 2.61. The third-order valence-electron chi connectivity index (χ3n) is 7.41. The number of carbonyl (C=O) groups excluding carboxylic acids is 3. The molecule has 0 N–H and O–H groups in total. The van der Waals surface area contributed by atoms with Crippen LogP contribution in [0.2, 0.25) is 0 Å². The lowest BCUT2D eigenvalue weighted by Crippen LogP contribution is -2.41. The van der Waals surface area contributed by atoms with E-state index in [0.29, 0.717) is 0 Å². The van der Waals surface area contributed by atoms with Crippen LogP contribution in [0, 0.1) is 22.0 Å². The molecule has 8 nitrogen and oxygen atoms in total. The van der Waals surface area contributed by atoms with E-state index < -0.39 is 22.7 Å². The summed E-state index contributed by atoms with van der Waals surface area (Å²) in [5.74, 6) is -2.79. The van der Waals surface area contributed by atoms with Crippen molar-refractivity contribution >= 4 is 23.5 Å². The van der Waals surface area contributed by atoms with Crippen LogP contribution in [0.5, 0.6) is 0 Å². The van der Waals surface area contributed by atoms with Gasteiger partial charge in [0.2, 0.25) is 11.8 Å². The van der Waals surface area contributed by atoms with E-state index in [0.717, 1.165) is 22.3 Å². The van der Waals surface area contributed by atoms with Crippen LogP contribution in [-0.2, 0) is 14.3 Å². The van der Waals surface area contributed by atoms with Crippen LogP contribution in [0.25, 0.3) is 0 Å². The largest absolute Gasteiger partial charge is 0.460 e. The zero-order valence-corrected chi connectivity index (χ0v) is 18.5. The fourth-order valence-electron chi connectivity index (χ4n) is 6.07. The van der Waals surface area contributed by atoms with Gasteiger partial charge >= 0.3 is 5.97 Å². The topological polar surface area (TPSA) is 107 Å². The first-order valence-electron chi connectivity index (χ1n) is 11.4. The van der Waals surface area contributed by atoms with Crippen LogP contribution in [0.15, 0.2) is 72.8 Å². The lowest BCUT2D eigenvalue weighted by atomic mass is 9.55. The van der Waals surface area contributed by atoms with Gasteiger partial charge in [-0.3, -0.25) is 24.6 Å². The monoisotopic (exact) mass is 468 g/mol. The molecule has 4 aliphatic rings. The zero-order valence-electron chi connectivity index (χ0n) is 18.5. The molecule has 8 heteroatoms. The van der Waals surface area contributed by atoms with Gasteiger partial charge in [-0.05, 0) is 28.3 Å². The molecule has 7 rings (SSSR count). The van der Waals surface area contributed by atoms with Gasteiger partial charge < -0.3 is 4.74 Å². The van der Waals surface area contributed by atoms with Crippen molar-refractivity contribution in [2.45, 2.75) is 11.8 Å². The molecule has 1 aliphatic heterocycles. The SMILES string of the molecule is O=C(OCCN1C(=O)[C@@H]2C3c4ccccc4C(c4ccccc43)[C@@H]2C1=O)c1ccccc1[N+](=O)[O-]. The second-order valence-corrected chi connectivity index (χ2v) is 9.00. The summed E-state index contributed by atoms with van der Waals surface area (Å²) in [5, 5.41) is 11.2. The number of hydrogen-bond donors (Lipinski definition) is 0. The standard InChI is InChI=1S/C27H20N2O6/c30-25-23-21-15-7-1-2-8-16(15)22(18-10-4-3-9-17(18)21)24(23)26(31)28(25)13-14-35-27(32)19-11-5-6-12-20(19)29(33)34/h1-12,21-24H,13-14H2/t21?,22?,23-,24+. The van der Waals surface area contributed by atoms with Crippen LogP contribution in [0.1, 0.15) is 44.4 Å². The smallest absolute Gasteiger partial charge is 0.345 e. The lowest BCUT2D eigenvalue weighted by Gasteiger charge is -2.45. The van der Waals surface area contributed by atoms with E-state index >= 15 is 0 Å². The molecular formula is C27H20N2O6. The van der Waals surface area contributed by atoms with Gasteiger partial charge in [0.1, 0.15) is 12.2 Å². The number of imide groups is 1. The zero-order chi connectivity index (χ0) is 24.3. The van der Waals surface area contributed by atoms with Crippen LogP contribution in [-0.4, -0.2) is 40.8 Å². The number of rotatable bonds is 5.